The van der Waals surface area contributed by atoms with Gasteiger partial charge in [0.2, 0.25) is 0 Å². The Morgan fingerprint density at radius 3 is 2.50 bits per heavy atom. The molecule has 0 aliphatic heterocycles. The predicted molar refractivity (Wildman–Crippen MR) is 88.8 cm³/mol. The fourth-order valence-corrected chi connectivity index (χ4v) is 2.12. The van der Waals surface area contributed by atoms with Crippen molar-refractivity contribution >= 4 is 17.6 Å². The zero-order valence-corrected chi connectivity index (χ0v) is 14.2. The molecule has 0 fully saturated rings. The summed E-state index contributed by atoms with van der Waals surface area (Å²) in [6.45, 7) is 4.90. The van der Waals surface area contributed by atoms with Crippen molar-refractivity contribution in [3.63, 3.8) is 0 Å². The average Bonchev–Trinajstić information content (AvgIpc) is 2.80. The molecule has 2 aromatic rings. The molecule has 2 rings (SSSR count). The van der Waals surface area contributed by atoms with Crippen LogP contribution in [0.1, 0.15) is 18.3 Å². The van der Waals surface area contributed by atoms with Gasteiger partial charge in [-0.05, 0) is 32.9 Å². The molecule has 0 saturated carbocycles. The summed E-state index contributed by atoms with van der Waals surface area (Å²) in [5.41, 5.74) is 2.16. The number of nitrogens with zero attached hydrogens (tertiary/aromatic N) is 2. The fraction of sp³-hybridized carbons (Fsp3) is 0.353. The third-order valence-corrected chi connectivity index (χ3v) is 3.53. The summed E-state index contributed by atoms with van der Waals surface area (Å²) < 4.78 is 12.1. The van der Waals surface area contributed by atoms with Gasteiger partial charge in [0, 0.05) is 7.05 Å². The second kappa shape index (κ2) is 7.63. The first-order chi connectivity index (χ1) is 11.4. The lowest BCUT2D eigenvalue weighted by Crippen LogP contribution is -2.32. The molecule has 0 radical (unpaired) electrons. The standard InChI is InChI=1S/C17H21N3O4/c1-11-16(12(2)20(4)19-11)18-17(22)13(3)24-15(21)10-23-14-8-6-5-7-9-14/h5-9,13H,10H2,1-4H3,(H,18,22)/t13-/m1/s1. The Morgan fingerprint density at radius 1 is 1.25 bits per heavy atom. The summed E-state index contributed by atoms with van der Waals surface area (Å²) in [6.07, 6.45) is -0.934. The fourth-order valence-electron chi connectivity index (χ4n) is 2.12. The number of nitrogens with one attached hydrogen (secondary N) is 1. The number of benzene rings is 1. The minimum atomic E-state index is -0.934. The molecular formula is C17H21N3O4. The third kappa shape index (κ3) is 4.34. The molecule has 0 aliphatic rings. The zero-order valence-electron chi connectivity index (χ0n) is 14.2. The summed E-state index contributed by atoms with van der Waals surface area (Å²) in [5.74, 6) is -0.462. The second-order valence-corrected chi connectivity index (χ2v) is 5.39. The van der Waals surface area contributed by atoms with Crippen molar-refractivity contribution in [2.75, 3.05) is 11.9 Å². The van der Waals surface area contributed by atoms with Crippen LogP contribution in [0.3, 0.4) is 0 Å². The SMILES string of the molecule is Cc1nn(C)c(C)c1NC(=O)[C@@H](C)OC(=O)COc1ccccc1. The Bertz CT molecular complexity index is 725. The van der Waals surface area contributed by atoms with Crippen molar-refractivity contribution in [1.29, 1.82) is 0 Å². The first-order valence-electron chi connectivity index (χ1n) is 7.57. The van der Waals surface area contributed by atoms with Crippen LogP contribution in [0.15, 0.2) is 30.3 Å². The molecule has 0 aliphatic carbocycles. The van der Waals surface area contributed by atoms with Gasteiger partial charge in [0.05, 0.1) is 17.1 Å². The number of carbonyl (C=O) groups excluding carboxylic acids is 2. The van der Waals surface area contributed by atoms with Crippen molar-refractivity contribution < 1.29 is 19.1 Å². The van der Waals surface area contributed by atoms with Crippen LogP contribution in [-0.4, -0.2) is 34.4 Å². The molecule has 1 aromatic heterocycles. The Kier molecular flexibility index (Phi) is 5.57. The number of ether oxygens (including phenoxy) is 2. The molecule has 128 valence electrons. The smallest absolute Gasteiger partial charge is 0.344 e. The second-order valence-electron chi connectivity index (χ2n) is 5.39. The Labute approximate surface area is 140 Å². The number of carbonyl (C=O) groups is 2. The molecule has 0 bridgehead atoms. The van der Waals surface area contributed by atoms with Crippen LogP contribution in [0.25, 0.3) is 0 Å². The zero-order chi connectivity index (χ0) is 17.7. The highest BCUT2D eigenvalue weighted by Crippen LogP contribution is 2.18. The third-order valence-electron chi connectivity index (χ3n) is 3.53. The molecule has 0 spiro atoms. The predicted octanol–water partition coefficient (Wildman–Crippen LogP) is 1.99. The molecule has 1 amide bonds. The van der Waals surface area contributed by atoms with Crippen molar-refractivity contribution in [1.82, 2.24) is 9.78 Å². The van der Waals surface area contributed by atoms with Crippen LogP contribution in [-0.2, 0) is 21.4 Å². The van der Waals surface area contributed by atoms with Gasteiger partial charge in [-0.2, -0.15) is 5.10 Å². The van der Waals surface area contributed by atoms with Crippen LogP contribution >= 0.6 is 0 Å². The lowest BCUT2D eigenvalue weighted by atomic mass is 10.3. The number of amides is 1. The average molecular weight is 331 g/mol. The maximum atomic E-state index is 12.2. The number of esters is 1. The molecular weight excluding hydrogens is 310 g/mol. The van der Waals surface area contributed by atoms with Crippen molar-refractivity contribution in [3.8, 4) is 5.75 Å². The van der Waals surface area contributed by atoms with E-state index in [0.717, 1.165) is 5.69 Å². The van der Waals surface area contributed by atoms with E-state index >= 15 is 0 Å². The number of anilines is 1. The highest BCUT2D eigenvalue weighted by molar-refractivity contribution is 5.96. The van der Waals surface area contributed by atoms with Crippen LogP contribution < -0.4 is 10.1 Å². The van der Waals surface area contributed by atoms with Crippen molar-refractivity contribution in [2.45, 2.75) is 26.9 Å². The van der Waals surface area contributed by atoms with Crippen LogP contribution in [0.5, 0.6) is 5.75 Å². The summed E-state index contributed by atoms with van der Waals surface area (Å²) in [4.78, 5) is 23.9. The molecule has 1 atom stereocenters. The maximum Gasteiger partial charge on any atom is 0.344 e. The van der Waals surface area contributed by atoms with Crippen molar-refractivity contribution in [3.05, 3.63) is 41.7 Å². The molecule has 0 saturated heterocycles. The number of aromatic nitrogens is 2. The van der Waals surface area contributed by atoms with E-state index < -0.39 is 18.0 Å². The molecule has 7 nitrogen and oxygen atoms in total. The lowest BCUT2D eigenvalue weighted by Gasteiger charge is -2.14. The van der Waals surface area contributed by atoms with Crippen LogP contribution in [0.4, 0.5) is 5.69 Å². The Morgan fingerprint density at radius 2 is 1.92 bits per heavy atom. The minimum Gasteiger partial charge on any atom is -0.482 e. The van der Waals surface area contributed by atoms with Gasteiger partial charge < -0.3 is 14.8 Å². The van der Waals surface area contributed by atoms with Gasteiger partial charge in [-0.15, -0.1) is 0 Å². The van der Waals surface area contributed by atoms with E-state index in [1.54, 1.807) is 42.9 Å². The normalized spacial score (nSPS) is 11.7. The molecule has 1 N–H and O–H groups in total. The van der Waals surface area contributed by atoms with Gasteiger partial charge >= 0.3 is 5.97 Å². The van der Waals surface area contributed by atoms with E-state index in [1.165, 1.54) is 6.92 Å². The number of hydrogen-bond donors (Lipinski definition) is 1. The van der Waals surface area contributed by atoms with E-state index in [-0.39, 0.29) is 6.61 Å². The number of rotatable bonds is 6. The topological polar surface area (TPSA) is 82.5 Å². The molecule has 24 heavy (non-hydrogen) atoms. The van der Waals surface area contributed by atoms with Gasteiger partial charge in [-0.3, -0.25) is 9.48 Å². The first-order valence-corrected chi connectivity index (χ1v) is 7.57. The number of para-hydroxylation sites is 1. The van der Waals surface area contributed by atoms with Gasteiger partial charge in [-0.1, -0.05) is 18.2 Å². The summed E-state index contributed by atoms with van der Waals surface area (Å²) >= 11 is 0. The van der Waals surface area contributed by atoms with Crippen LogP contribution in [0.2, 0.25) is 0 Å². The lowest BCUT2D eigenvalue weighted by molar-refractivity contribution is -0.155. The van der Waals surface area contributed by atoms with E-state index in [1.807, 2.05) is 13.0 Å². The minimum absolute atomic E-state index is 0.257. The summed E-state index contributed by atoms with van der Waals surface area (Å²) in [6, 6.07) is 8.92. The first kappa shape index (κ1) is 17.5. The highest BCUT2D eigenvalue weighted by atomic mass is 16.6. The molecule has 1 heterocycles. The van der Waals surface area contributed by atoms with Crippen LogP contribution in [0, 0.1) is 13.8 Å². The van der Waals surface area contributed by atoms with Crippen molar-refractivity contribution in [2.24, 2.45) is 7.05 Å². The van der Waals surface area contributed by atoms with E-state index in [2.05, 4.69) is 10.4 Å². The Hall–Kier alpha value is -2.83. The monoisotopic (exact) mass is 331 g/mol. The van der Waals surface area contributed by atoms with Gasteiger partial charge in [0.25, 0.3) is 5.91 Å². The van der Waals surface area contributed by atoms with Gasteiger partial charge in [0.15, 0.2) is 12.7 Å². The van der Waals surface area contributed by atoms with E-state index in [4.69, 9.17) is 9.47 Å². The van der Waals surface area contributed by atoms with Gasteiger partial charge in [0.1, 0.15) is 5.75 Å². The Balaban J connectivity index is 1.85. The summed E-state index contributed by atoms with van der Waals surface area (Å²) in [7, 11) is 1.79. The van der Waals surface area contributed by atoms with E-state index in [9.17, 15) is 9.59 Å². The molecule has 0 unspecified atom stereocenters. The quantitative estimate of drug-likeness (QED) is 0.819. The maximum absolute atomic E-state index is 12.2. The number of aryl methyl sites for hydroxylation is 2. The van der Waals surface area contributed by atoms with E-state index in [0.29, 0.717) is 17.1 Å². The largest absolute Gasteiger partial charge is 0.482 e. The number of hydrogen-bond acceptors (Lipinski definition) is 5. The summed E-state index contributed by atoms with van der Waals surface area (Å²) in [5, 5.41) is 6.96. The molecule has 7 heteroatoms. The highest BCUT2D eigenvalue weighted by Gasteiger charge is 2.21. The van der Waals surface area contributed by atoms with Gasteiger partial charge in [-0.25, -0.2) is 4.79 Å². The molecule has 1 aromatic carbocycles.